The number of methoxy groups -OCH3 is 1. The van der Waals surface area contributed by atoms with Crippen LogP contribution >= 0.6 is 0 Å². The number of carbonyl (C=O) groups excluding carboxylic acids is 2. The third-order valence-corrected chi connectivity index (χ3v) is 4.94. The Labute approximate surface area is 160 Å². The van der Waals surface area contributed by atoms with Gasteiger partial charge in [0.2, 0.25) is 11.8 Å². The maximum atomic E-state index is 12.5. The Balaban J connectivity index is 1.52. The summed E-state index contributed by atoms with van der Waals surface area (Å²) in [5, 5.41) is 3.01. The van der Waals surface area contributed by atoms with Gasteiger partial charge in [-0.25, -0.2) is 0 Å². The van der Waals surface area contributed by atoms with Gasteiger partial charge in [0.05, 0.1) is 5.92 Å². The summed E-state index contributed by atoms with van der Waals surface area (Å²) in [4.78, 5) is 26.2. The number of likely N-dealkylation sites (tertiary alicyclic amines) is 1. The average molecular weight is 366 g/mol. The first kappa shape index (κ1) is 19.1. The van der Waals surface area contributed by atoms with Crippen molar-refractivity contribution in [2.45, 2.75) is 19.4 Å². The third kappa shape index (κ3) is 5.17. The molecule has 2 amide bonds. The van der Waals surface area contributed by atoms with E-state index in [-0.39, 0.29) is 24.3 Å². The second-order valence-corrected chi connectivity index (χ2v) is 6.89. The Hall–Kier alpha value is -2.66. The number of hydrogen-bond acceptors (Lipinski definition) is 3. The molecule has 0 saturated carbocycles. The van der Waals surface area contributed by atoms with Gasteiger partial charge in [0.1, 0.15) is 6.61 Å². The van der Waals surface area contributed by atoms with E-state index in [0.29, 0.717) is 19.6 Å². The van der Waals surface area contributed by atoms with Crippen molar-refractivity contribution in [3.8, 4) is 11.1 Å². The molecule has 0 radical (unpaired) electrons. The van der Waals surface area contributed by atoms with Crippen molar-refractivity contribution in [3.05, 3.63) is 60.2 Å². The summed E-state index contributed by atoms with van der Waals surface area (Å²) in [5.74, 6) is -0.188. The van der Waals surface area contributed by atoms with Crippen LogP contribution in [0.4, 0.5) is 0 Å². The molecule has 1 N–H and O–H groups in total. The number of nitrogens with zero attached hydrogens (tertiary/aromatic N) is 1. The first-order chi connectivity index (χ1) is 13.2. The van der Waals surface area contributed by atoms with Crippen LogP contribution in [0.15, 0.2) is 54.6 Å². The van der Waals surface area contributed by atoms with E-state index in [1.54, 1.807) is 4.90 Å². The molecule has 1 aliphatic rings. The highest BCUT2D eigenvalue weighted by Gasteiger charge is 2.28. The summed E-state index contributed by atoms with van der Waals surface area (Å²) >= 11 is 0. The summed E-state index contributed by atoms with van der Waals surface area (Å²) in [6.45, 7) is 1.74. The fraction of sp³-hybridized carbons (Fsp3) is 0.364. The standard InChI is InChI=1S/C22H26N2O3/c1-27-16-21(25)24-13-5-8-20(15-24)22(26)23-14-17-9-11-19(12-10-17)18-6-3-2-4-7-18/h2-4,6-7,9-12,20H,5,8,13-16H2,1H3,(H,23,26). The Morgan fingerprint density at radius 1 is 1.07 bits per heavy atom. The number of hydrogen-bond donors (Lipinski definition) is 1. The van der Waals surface area contributed by atoms with Gasteiger partial charge in [-0.15, -0.1) is 0 Å². The monoisotopic (exact) mass is 366 g/mol. The number of ether oxygens (including phenoxy) is 1. The summed E-state index contributed by atoms with van der Waals surface area (Å²) in [5.41, 5.74) is 3.40. The molecule has 5 nitrogen and oxygen atoms in total. The van der Waals surface area contributed by atoms with Crippen LogP contribution in [0.5, 0.6) is 0 Å². The van der Waals surface area contributed by atoms with Crippen LogP contribution in [0.2, 0.25) is 0 Å². The predicted octanol–water partition coefficient (Wildman–Crippen LogP) is 2.85. The van der Waals surface area contributed by atoms with Gasteiger partial charge in [0.25, 0.3) is 0 Å². The summed E-state index contributed by atoms with van der Waals surface area (Å²) in [7, 11) is 1.51. The number of amides is 2. The van der Waals surface area contributed by atoms with Crippen LogP contribution in [-0.2, 0) is 20.9 Å². The fourth-order valence-electron chi connectivity index (χ4n) is 3.41. The van der Waals surface area contributed by atoms with Crippen LogP contribution in [0.25, 0.3) is 11.1 Å². The van der Waals surface area contributed by atoms with E-state index in [0.717, 1.165) is 24.0 Å². The second kappa shape index (κ2) is 9.33. The van der Waals surface area contributed by atoms with Gasteiger partial charge in [0.15, 0.2) is 0 Å². The first-order valence-corrected chi connectivity index (χ1v) is 9.36. The van der Waals surface area contributed by atoms with E-state index in [4.69, 9.17) is 4.74 Å². The van der Waals surface area contributed by atoms with Gasteiger partial charge >= 0.3 is 0 Å². The Bertz CT molecular complexity index is 759. The van der Waals surface area contributed by atoms with Crippen LogP contribution in [0, 0.1) is 5.92 Å². The van der Waals surface area contributed by atoms with E-state index in [1.807, 2.05) is 30.3 Å². The molecule has 3 rings (SSSR count). The maximum absolute atomic E-state index is 12.5. The van der Waals surface area contributed by atoms with Gasteiger partial charge in [0, 0.05) is 26.7 Å². The number of nitrogens with one attached hydrogen (secondary N) is 1. The largest absolute Gasteiger partial charge is 0.375 e. The van der Waals surface area contributed by atoms with Crippen LogP contribution in [0.1, 0.15) is 18.4 Å². The molecule has 1 unspecified atom stereocenters. The molecule has 0 spiro atoms. The lowest BCUT2D eigenvalue weighted by Gasteiger charge is -2.32. The Morgan fingerprint density at radius 2 is 1.78 bits per heavy atom. The van der Waals surface area contributed by atoms with Gasteiger partial charge in [-0.2, -0.15) is 0 Å². The Morgan fingerprint density at radius 3 is 2.48 bits per heavy atom. The molecule has 27 heavy (non-hydrogen) atoms. The maximum Gasteiger partial charge on any atom is 0.248 e. The van der Waals surface area contributed by atoms with Crippen molar-refractivity contribution >= 4 is 11.8 Å². The molecule has 1 fully saturated rings. The van der Waals surface area contributed by atoms with Crippen LogP contribution in [0.3, 0.4) is 0 Å². The SMILES string of the molecule is COCC(=O)N1CCCC(C(=O)NCc2ccc(-c3ccccc3)cc2)C1. The molecule has 5 heteroatoms. The highest BCUT2D eigenvalue weighted by molar-refractivity contribution is 5.81. The van der Waals surface area contributed by atoms with Crippen molar-refractivity contribution in [1.82, 2.24) is 10.2 Å². The van der Waals surface area contributed by atoms with Crippen molar-refractivity contribution in [2.24, 2.45) is 5.92 Å². The molecule has 0 aliphatic carbocycles. The number of rotatable bonds is 6. The predicted molar refractivity (Wildman–Crippen MR) is 105 cm³/mol. The lowest BCUT2D eigenvalue weighted by Crippen LogP contribution is -2.46. The van der Waals surface area contributed by atoms with Crippen molar-refractivity contribution in [1.29, 1.82) is 0 Å². The van der Waals surface area contributed by atoms with E-state index in [2.05, 4.69) is 29.6 Å². The number of piperidine rings is 1. The molecular weight excluding hydrogens is 340 g/mol. The van der Waals surface area contributed by atoms with Gasteiger partial charge in [-0.05, 0) is 29.5 Å². The lowest BCUT2D eigenvalue weighted by molar-refractivity contribution is -0.139. The molecule has 1 atom stereocenters. The molecular formula is C22H26N2O3. The average Bonchev–Trinajstić information content (AvgIpc) is 2.73. The van der Waals surface area contributed by atoms with E-state index < -0.39 is 0 Å². The Kier molecular flexibility index (Phi) is 6.60. The van der Waals surface area contributed by atoms with Crippen molar-refractivity contribution in [2.75, 3.05) is 26.8 Å². The van der Waals surface area contributed by atoms with Crippen LogP contribution < -0.4 is 5.32 Å². The third-order valence-electron chi connectivity index (χ3n) is 4.94. The van der Waals surface area contributed by atoms with Gasteiger partial charge in [-0.3, -0.25) is 9.59 Å². The van der Waals surface area contributed by atoms with E-state index in [1.165, 1.54) is 12.7 Å². The molecule has 2 aromatic carbocycles. The van der Waals surface area contributed by atoms with E-state index >= 15 is 0 Å². The van der Waals surface area contributed by atoms with Crippen LogP contribution in [-0.4, -0.2) is 43.5 Å². The van der Waals surface area contributed by atoms with E-state index in [9.17, 15) is 9.59 Å². The molecule has 0 aromatic heterocycles. The topological polar surface area (TPSA) is 58.6 Å². The number of benzene rings is 2. The molecule has 1 saturated heterocycles. The highest BCUT2D eigenvalue weighted by Crippen LogP contribution is 2.20. The molecule has 2 aromatic rings. The quantitative estimate of drug-likeness (QED) is 0.855. The van der Waals surface area contributed by atoms with Crippen molar-refractivity contribution < 1.29 is 14.3 Å². The normalized spacial score (nSPS) is 16.8. The van der Waals surface area contributed by atoms with Gasteiger partial charge < -0.3 is 15.0 Å². The summed E-state index contributed by atoms with van der Waals surface area (Å²) in [6.07, 6.45) is 1.66. The zero-order chi connectivity index (χ0) is 19.1. The first-order valence-electron chi connectivity index (χ1n) is 9.36. The summed E-state index contributed by atoms with van der Waals surface area (Å²) < 4.78 is 4.91. The van der Waals surface area contributed by atoms with Crippen molar-refractivity contribution in [3.63, 3.8) is 0 Å². The molecule has 1 heterocycles. The number of carbonyl (C=O) groups is 2. The second-order valence-electron chi connectivity index (χ2n) is 6.89. The fourth-order valence-corrected chi connectivity index (χ4v) is 3.41. The molecule has 1 aliphatic heterocycles. The zero-order valence-corrected chi connectivity index (χ0v) is 15.7. The highest BCUT2D eigenvalue weighted by atomic mass is 16.5. The minimum Gasteiger partial charge on any atom is -0.375 e. The molecule has 142 valence electrons. The smallest absolute Gasteiger partial charge is 0.248 e. The minimum absolute atomic E-state index is 0.0112. The lowest BCUT2D eigenvalue weighted by atomic mass is 9.97. The molecule has 0 bridgehead atoms. The van der Waals surface area contributed by atoms with Gasteiger partial charge in [-0.1, -0.05) is 54.6 Å². The summed E-state index contributed by atoms with van der Waals surface area (Å²) in [6, 6.07) is 18.4. The zero-order valence-electron chi connectivity index (χ0n) is 15.7. The minimum atomic E-state index is -0.150.